The first-order chi connectivity index (χ1) is 7.80. The molecule has 0 saturated carbocycles. The molecule has 0 fully saturated rings. The van der Waals surface area contributed by atoms with Gasteiger partial charge in [0.2, 0.25) is 5.92 Å². The van der Waals surface area contributed by atoms with E-state index in [9.17, 15) is 18.4 Å². The van der Waals surface area contributed by atoms with Crippen molar-refractivity contribution < 1.29 is 18.7 Å². The molecular weight excluding hydrogens is 238 g/mol. The Morgan fingerprint density at radius 3 is 2.47 bits per heavy atom. The predicted molar refractivity (Wildman–Crippen MR) is 55.3 cm³/mol. The Bertz CT molecular complexity index is 461. The normalized spacial score (nSPS) is 10.3. The van der Waals surface area contributed by atoms with Gasteiger partial charge in [0.1, 0.15) is 0 Å². The van der Waals surface area contributed by atoms with Gasteiger partial charge in [-0.2, -0.15) is 0 Å². The van der Waals surface area contributed by atoms with E-state index in [4.69, 9.17) is 9.90 Å². The van der Waals surface area contributed by atoms with Gasteiger partial charge in [-0.1, -0.05) is 0 Å². The van der Waals surface area contributed by atoms with Gasteiger partial charge < -0.3 is 9.67 Å². The summed E-state index contributed by atoms with van der Waals surface area (Å²) in [4.78, 5) is 32.0. The summed E-state index contributed by atoms with van der Waals surface area (Å²) in [5.41, 5.74) is -1.20. The van der Waals surface area contributed by atoms with Gasteiger partial charge in [0.05, 0.1) is 0 Å². The van der Waals surface area contributed by atoms with Crippen molar-refractivity contribution in [2.24, 2.45) is 0 Å². The molecule has 6 nitrogen and oxygen atoms in total. The standard InChI is InChI=1S/C8H10F2N2O2.CH2O2/c1-8(9,10)3-5-12-4-2-6(13)11-7(12)14;2-1-3/h2,4H,3,5H2,1H3,(H,11,13,14);1H,(H,2,3). The molecule has 1 rings (SSSR count). The molecule has 0 aliphatic carbocycles. The van der Waals surface area contributed by atoms with E-state index < -0.39 is 23.6 Å². The van der Waals surface area contributed by atoms with Crippen molar-refractivity contribution in [1.29, 1.82) is 0 Å². The maximum atomic E-state index is 12.4. The zero-order chi connectivity index (χ0) is 13.5. The number of aryl methyl sites for hydroxylation is 1. The Labute approximate surface area is 94.5 Å². The molecule has 1 heterocycles. The molecular formula is C9H12F2N2O4. The van der Waals surface area contributed by atoms with Crippen LogP contribution in [0.25, 0.3) is 0 Å². The molecule has 96 valence electrons. The topological polar surface area (TPSA) is 92.2 Å². The van der Waals surface area contributed by atoms with Crippen LogP contribution in [0.15, 0.2) is 21.9 Å². The van der Waals surface area contributed by atoms with Crippen LogP contribution in [0.2, 0.25) is 0 Å². The smallest absolute Gasteiger partial charge is 0.328 e. The fraction of sp³-hybridized carbons (Fsp3) is 0.444. The van der Waals surface area contributed by atoms with Gasteiger partial charge in [0, 0.05) is 25.2 Å². The Kier molecular flexibility index (Phi) is 5.79. The number of alkyl halides is 2. The molecule has 0 aromatic carbocycles. The van der Waals surface area contributed by atoms with Gasteiger partial charge in [-0.3, -0.25) is 14.6 Å². The molecule has 0 unspecified atom stereocenters. The zero-order valence-electron chi connectivity index (χ0n) is 9.02. The average Bonchev–Trinajstić information content (AvgIpc) is 2.16. The maximum Gasteiger partial charge on any atom is 0.328 e. The van der Waals surface area contributed by atoms with Crippen molar-refractivity contribution in [3.63, 3.8) is 0 Å². The zero-order valence-corrected chi connectivity index (χ0v) is 9.02. The van der Waals surface area contributed by atoms with Crippen molar-refractivity contribution >= 4 is 6.47 Å². The molecule has 17 heavy (non-hydrogen) atoms. The summed E-state index contributed by atoms with van der Waals surface area (Å²) >= 11 is 0. The first kappa shape index (κ1) is 15.0. The second-order valence-electron chi connectivity index (χ2n) is 3.23. The second-order valence-corrected chi connectivity index (χ2v) is 3.23. The first-order valence-electron chi connectivity index (χ1n) is 4.55. The van der Waals surface area contributed by atoms with Crippen LogP contribution >= 0.6 is 0 Å². The summed E-state index contributed by atoms with van der Waals surface area (Å²) in [6.07, 6.45) is 0.770. The Balaban J connectivity index is 0.000000770. The number of H-pyrrole nitrogens is 1. The lowest BCUT2D eigenvalue weighted by Crippen LogP contribution is -2.30. The van der Waals surface area contributed by atoms with E-state index >= 15 is 0 Å². The Hall–Kier alpha value is -1.99. The molecule has 0 saturated heterocycles. The number of aromatic amines is 1. The van der Waals surface area contributed by atoms with Crippen molar-refractivity contribution in [3.05, 3.63) is 33.1 Å². The quantitative estimate of drug-likeness (QED) is 0.754. The monoisotopic (exact) mass is 250 g/mol. The van der Waals surface area contributed by atoms with Crippen LogP contribution < -0.4 is 11.2 Å². The number of rotatable bonds is 3. The van der Waals surface area contributed by atoms with Crippen LogP contribution in [0, 0.1) is 0 Å². The van der Waals surface area contributed by atoms with Gasteiger partial charge in [-0.05, 0) is 6.92 Å². The van der Waals surface area contributed by atoms with Crippen LogP contribution in [-0.2, 0) is 11.3 Å². The van der Waals surface area contributed by atoms with Gasteiger partial charge in [-0.15, -0.1) is 0 Å². The summed E-state index contributed by atoms with van der Waals surface area (Å²) in [7, 11) is 0. The molecule has 0 aliphatic rings. The highest BCUT2D eigenvalue weighted by Gasteiger charge is 2.20. The van der Waals surface area contributed by atoms with Gasteiger partial charge >= 0.3 is 5.69 Å². The molecule has 0 spiro atoms. The number of hydrogen-bond acceptors (Lipinski definition) is 3. The number of carboxylic acid groups (broad SMARTS) is 1. The van der Waals surface area contributed by atoms with E-state index in [0.29, 0.717) is 0 Å². The van der Waals surface area contributed by atoms with E-state index in [1.165, 1.54) is 6.20 Å². The molecule has 0 aliphatic heterocycles. The minimum Gasteiger partial charge on any atom is -0.483 e. The minimum atomic E-state index is -2.81. The fourth-order valence-electron chi connectivity index (χ4n) is 0.937. The lowest BCUT2D eigenvalue weighted by Gasteiger charge is -2.10. The summed E-state index contributed by atoms with van der Waals surface area (Å²) in [5, 5.41) is 6.89. The van der Waals surface area contributed by atoms with Crippen molar-refractivity contribution in [2.45, 2.75) is 25.8 Å². The number of nitrogens with zero attached hydrogens (tertiary/aromatic N) is 1. The fourth-order valence-corrected chi connectivity index (χ4v) is 0.937. The summed E-state index contributed by atoms with van der Waals surface area (Å²) in [6.45, 7) is 0.419. The summed E-state index contributed by atoms with van der Waals surface area (Å²) in [6, 6.07) is 1.12. The van der Waals surface area contributed by atoms with Gasteiger partial charge in [0.15, 0.2) is 0 Å². The lowest BCUT2D eigenvalue weighted by molar-refractivity contribution is -0.122. The third-order valence-corrected chi connectivity index (χ3v) is 1.69. The highest BCUT2D eigenvalue weighted by atomic mass is 19.3. The number of carbonyl (C=O) groups is 1. The van der Waals surface area contributed by atoms with E-state index in [1.54, 1.807) is 0 Å². The highest BCUT2D eigenvalue weighted by Crippen LogP contribution is 2.16. The van der Waals surface area contributed by atoms with Crippen molar-refractivity contribution in [3.8, 4) is 0 Å². The van der Waals surface area contributed by atoms with Crippen LogP contribution in [-0.4, -0.2) is 27.1 Å². The number of aromatic nitrogens is 2. The molecule has 2 N–H and O–H groups in total. The third kappa shape index (κ3) is 6.98. The Morgan fingerprint density at radius 2 is 2.06 bits per heavy atom. The van der Waals surface area contributed by atoms with Crippen LogP contribution in [0.4, 0.5) is 8.78 Å². The van der Waals surface area contributed by atoms with Gasteiger partial charge in [-0.25, -0.2) is 13.6 Å². The van der Waals surface area contributed by atoms with E-state index in [0.717, 1.165) is 17.6 Å². The molecule has 1 aromatic heterocycles. The average molecular weight is 250 g/mol. The van der Waals surface area contributed by atoms with Crippen LogP contribution in [0.5, 0.6) is 0 Å². The number of hydrogen-bond donors (Lipinski definition) is 2. The van der Waals surface area contributed by atoms with Gasteiger partial charge in [0.25, 0.3) is 12.0 Å². The van der Waals surface area contributed by atoms with Crippen molar-refractivity contribution in [1.82, 2.24) is 9.55 Å². The van der Waals surface area contributed by atoms with Crippen LogP contribution in [0.3, 0.4) is 0 Å². The lowest BCUT2D eigenvalue weighted by atomic mass is 10.3. The maximum absolute atomic E-state index is 12.4. The molecule has 0 atom stereocenters. The number of nitrogens with one attached hydrogen (secondary N) is 1. The van der Waals surface area contributed by atoms with Crippen molar-refractivity contribution in [2.75, 3.05) is 0 Å². The van der Waals surface area contributed by atoms with E-state index in [1.807, 2.05) is 4.98 Å². The molecule has 0 bridgehead atoms. The largest absolute Gasteiger partial charge is 0.483 e. The summed E-state index contributed by atoms with van der Waals surface area (Å²) in [5.74, 6) is -2.81. The highest BCUT2D eigenvalue weighted by molar-refractivity contribution is 5.32. The number of halogens is 2. The summed E-state index contributed by atoms with van der Waals surface area (Å²) < 4.78 is 25.9. The predicted octanol–water partition coefficient (Wildman–Crippen LogP) is 0.283. The second kappa shape index (κ2) is 6.56. The third-order valence-electron chi connectivity index (χ3n) is 1.69. The van der Waals surface area contributed by atoms with E-state index in [-0.39, 0.29) is 13.0 Å². The molecule has 8 heteroatoms. The first-order valence-corrected chi connectivity index (χ1v) is 4.55. The van der Waals surface area contributed by atoms with E-state index in [2.05, 4.69) is 0 Å². The Morgan fingerprint density at radius 1 is 1.53 bits per heavy atom. The molecule has 0 radical (unpaired) electrons. The molecule has 1 aromatic rings. The SMILES string of the molecule is CC(F)(F)CCn1ccc(=O)[nH]c1=O.O=CO. The van der Waals surface area contributed by atoms with Crippen LogP contribution in [0.1, 0.15) is 13.3 Å². The minimum absolute atomic E-state index is 0.112. The molecule has 0 amide bonds.